The van der Waals surface area contributed by atoms with E-state index in [1.807, 2.05) is 0 Å². The summed E-state index contributed by atoms with van der Waals surface area (Å²) in [5.74, 6) is -1.42. The zero-order valence-electron chi connectivity index (χ0n) is 30.6. The molecule has 2 atom stereocenters. The number of Topliss-reactive ketones (excluding diaryl/α,β-unsaturated/α-hetero) is 1. The lowest BCUT2D eigenvalue weighted by Gasteiger charge is -2.13. The number of ketones is 1. The van der Waals surface area contributed by atoms with Gasteiger partial charge >= 0.3 is 5.97 Å². The van der Waals surface area contributed by atoms with Gasteiger partial charge in [0.25, 0.3) is 0 Å². The maximum atomic E-state index is 12.5. The largest absolute Gasteiger partial charge is 0.480 e. The molecule has 0 aliphatic heterocycles. The van der Waals surface area contributed by atoms with E-state index < -0.39 is 17.9 Å². The van der Waals surface area contributed by atoms with Crippen molar-refractivity contribution in [3.8, 4) is 0 Å². The van der Waals surface area contributed by atoms with Crippen LogP contribution in [0.5, 0.6) is 0 Å². The van der Waals surface area contributed by atoms with Crippen LogP contribution in [-0.4, -0.2) is 34.7 Å². The lowest BCUT2D eigenvalue weighted by Crippen LogP contribution is -2.41. The van der Waals surface area contributed by atoms with Crippen LogP contribution in [-0.2, 0) is 19.2 Å². The van der Waals surface area contributed by atoms with Gasteiger partial charge in [-0.05, 0) is 89.9 Å². The van der Waals surface area contributed by atoms with Gasteiger partial charge in [0.2, 0.25) is 11.8 Å². The summed E-state index contributed by atoms with van der Waals surface area (Å²) in [4.78, 5) is 46.5. The fourth-order valence-corrected chi connectivity index (χ4v) is 5.46. The fraction of sp³-hybridized carbons (Fsp3) is 0.707. The van der Waals surface area contributed by atoms with Crippen LogP contribution in [0.2, 0.25) is 0 Å². The van der Waals surface area contributed by atoms with E-state index in [0.29, 0.717) is 12.2 Å². The van der Waals surface area contributed by atoms with Crippen LogP contribution in [0.25, 0.3) is 0 Å². The normalized spacial score (nSPS) is 13.2. The number of aliphatic carboxylic acids is 1. The summed E-state index contributed by atoms with van der Waals surface area (Å²) < 4.78 is 0. The van der Waals surface area contributed by atoms with Crippen molar-refractivity contribution in [1.29, 1.82) is 0 Å². The Labute approximate surface area is 293 Å². The van der Waals surface area contributed by atoms with E-state index in [1.54, 1.807) is 0 Å². The van der Waals surface area contributed by atoms with Gasteiger partial charge in [-0.2, -0.15) is 0 Å². The molecule has 0 aliphatic carbocycles. The number of carboxylic acids is 1. The summed E-state index contributed by atoms with van der Waals surface area (Å²) >= 11 is 0. The van der Waals surface area contributed by atoms with Crippen molar-refractivity contribution in [3.05, 3.63) is 48.6 Å². The number of amides is 2. The van der Waals surface area contributed by atoms with Gasteiger partial charge in [-0.15, -0.1) is 0 Å². The first-order valence-corrected chi connectivity index (χ1v) is 19.2. The number of carboxylic acid groups (broad SMARTS) is 1. The maximum absolute atomic E-state index is 12.5. The molecule has 0 saturated carbocycles. The van der Waals surface area contributed by atoms with E-state index in [-0.39, 0.29) is 24.7 Å². The monoisotopic (exact) mass is 671 g/mol. The maximum Gasteiger partial charge on any atom is 0.326 e. The number of nitrogens with one attached hydrogen (secondary N) is 1. The molecule has 0 aromatic rings. The number of rotatable bonds is 34. The van der Waals surface area contributed by atoms with Gasteiger partial charge in [-0.25, -0.2) is 4.79 Å². The lowest BCUT2D eigenvalue weighted by molar-refractivity contribution is -0.142. The summed E-state index contributed by atoms with van der Waals surface area (Å²) in [5, 5.41) is 11.6. The van der Waals surface area contributed by atoms with Crippen LogP contribution >= 0.6 is 0 Å². The highest BCUT2D eigenvalue weighted by atomic mass is 16.4. The minimum atomic E-state index is -1.15. The quantitative estimate of drug-likeness (QED) is 0.0464. The van der Waals surface area contributed by atoms with Crippen molar-refractivity contribution in [1.82, 2.24) is 5.32 Å². The number of nitrogens with two attached hydrogens (primary N) is 1. The molecule has 2 amide bonds. The third-order valence-electron chi connectivity index (χ3n) is 8.62. The first kappa shape index (κ1) is 45.0. The molecule has 0 aromatic heterocycles. The van der Waals surface area contributed by atoms with Crippen molar-refractivity contribution < 1.29 is 24.3 Å². The first-order chi connectivity index (χ1) is 23.3. The predicted molar refractivity (Wildman–Crippen MR) is 201 cm³/mol. The fourth-order valence-electron chi connectivity index (χ4n) is 5.46. The zero-order valence-corrected chi connectivity index (χ0v) is 30.6. The van der Waals surface area contributed by atoms with Gasteiger partial charge in [0, 0.05) is 25.2 Å². The molecule has 0 bridgehead atoms. The van der Waals surface area contributed by atoms with Gasteiger partial charge < -0.3 is 16.2 Å². The van der Waals surface area contributed by atoms with E-state index in [0.717, 1.165) is 83.5 Å². The number of hydrogen-bond donors (Lipinski definition) is 3. The van der Waals surface area contributed by atoms with E-state index >= 15 is 0 Å². The molecule has 0 saturated heterocycles. The van der Waals surface area contributed by atoms with Gasteiger partial charge in [-0.1, -0.05) is 114 Å². The van der Waals surface area contributed by atoms with E-state index in [9.17, 15) is 19.2 Å². The molecule has 0 aliphatic rings. The van der Waals surface area contributed by atoms with Gasteiger partial charge in [0.15, 0.2) is 0 Å². The van der Waals surface area contributed by atoms with Crippen molar-refractivity contribution >= 4 is 23.6 Å². The Kier molecular flexibility index (Phi) is 31.8. The second-order valence-corrected chi connectivity index (χ2v) is 13.2. The number of carbonyl (C=O) groups excluding carboxylic acids is 3. The number of allylic oxidation sites excluding steroid dienone is 8. The number of unbranched alkanes of at least 4 members (excludes halogenated alkanes) is 14. The van der Waals surface area contributed by atoms with E-state index in [2.05, 4.69) is 67.8 Å². The number of primary amides is 1. The lowest BCUT2D eigenvalue weighted by atomic mass is 9.95. The zero-order chi connectivity index (χ0) is 35.5. The van der Waals surface area contributed by atoms with Crippen LogP contribution in [0.3, 0.4) is 0 Å². The van der Waals surface area contributed by atoms with Crippen molar-refractivity contribution in [2.45, 2.75) is 180 Å². The molecule has 7 nitrogen and oxygen atoms in total. The van der Waals surface area contributed by atoms with Crippen LogP contribution < -0.4 is 11.1 Å². The molecular weight excluding hydrogens is 600 g/mol. The number of carbonyl (C=O) groups is 4. The molecule has 0 aromatic carbocycles. The Morgan fingerprint density at radius 1 is 0.583 bits per heavy atom. The average molecular weight is 671 g/mol. The summed E-state index contributed by atoms with van der Waals surface area (Å²) in [6.07, 6.45) is 42.3. The molecule has 4 N–H and O–H groups in total. The Morgan fingerprint density at radius 2 is 1.04 bits per heavy atom. The molecule has 0 rings (SSSR count). The molecule has 0 heterocycles. The highest BCUT2D eigenvalue weighted by Crippen LogP contribution is 2.15. The minimum Gasteiger partial charge on any atom is -0.480 e. The Morgan fingerprint density at radius 3 is 1.54 bits per heavy atom. The Balaban J connectivity index is 3.63. The first-order valence-electron chi connectivity index (χ1n) is 19.2. The van der Waals surface area contributed by atoms with Crippen molar-refractivity contribution in [2.75, 3.05) is 0 Å². The minimum absolute atomic E-state index is 0.0126. The smallest absolute Gasteiger partial charge is 0.326 e. The molecule has 48 heavy (non-hydrogen) atoms. The van der Waals surface area contributed by atoms with Crippen LogP contribution in [0.15, 0.2) is 48.6 Å². The van der Waals surface area contributed by atoms with Gasteiger partial charge in [-0.3, -0.25) is 14.4 Å². The second kappa shape index (κ2) is 33.9. The van der Waals surface area contributed by atoms with Crippen LogP contribution in [0.4, 0.5) is 0 Å². The topological polar surface area (TPSA) is 127 Å². The molecule has 0 fully saturated rings. The average Bonchev–Trinajstić information content (AvgIpc) is 3.06. The number of hydrogen-bond acceptors (Lipinski definition) is 4. The highest BCUT2D eigenvalue weighted by molar-refractivity contribution is 5.84. The summed E-state index contributed by atoms with van der Waals surface area (Å²) in [6, 6.07) is -1.07. The summed E-state index contributed by atoms with van der Waals surface area (Å²) in [6.45, 7) is 4.33. The Bertz CT molecular complexity index is 952. The van der Waals surface area contributed by atoms with Crippen molar-refractivity contribution in [3.63, 3.8) is 0 Å². The van der Waals surface area contributed by atoms with Gasteiger partial charge in [0.05, 0.1) is 0 Å². The molecule has 7 heteroatoms. The van der Waals surface area contributed by atoms with E-state index in [4.69, 9.17) is 10.8 Å². The summed E-state index contributed by atoms with van der Waals surface area (Å²) in [7, 11) is 0. The summed E-state index contributed by atoms with van der Waals surface area (Å²) in [5.41, 5.74) is 5.06. The highest BCUT2D eigenvalue weighted by Gasteiger charge is 2.20. The van der Waals surface area contributed by atoms with Gasteiger partial charge in [0.1, 0.15) is 11.8 Å². The molecular formula is C41H70N2O5. The third-order valence-corrected chi connectivity index (χ3v) is 8.62. The SMILES string of the molecule is CCCCC/C=C\C/C=C\CCCCCCCC(=O)C(C)CCC/C=C\C/C=C\CCCCCCCC(=O)N[C@@H](CCC(N)=O)C(=O)O. The van der Waals surface area contributed by atoms with E-state index in [1.165, 1.54) is 57.8 Å². The molecule has 1 unspecified atom stereocenters. The molecule has 0 radical (unpaired) electrons. The van der Waals surface area contributed by atoms with Crippen LogP contribution in [0.1, 0.15) is 174 Å². The molecule has 274 valence electrons. The Hall–Kier alpha value is -2.96. The van der Waals surface area contributed by atoms with Crippen molar-refractivity contribution in [2.24, 2.45) is 11.7 Å². The standard InChI is InChI=1S/C41H70N2O5/c1-3-4-5-6-7-8-9-10-11-14-17-20-23-26-29-32-38(44)36(2)31-28-25-22-19-16-13-12-15-18-21-24-27-30-33-40(46)43-37(41(47)48)34-35-39(42)45/h7-8,10-13,19,22,36-37H,3-6,9,14-18,20-21,23-35H2,1-2H3,(H2,42,45)(H,43,46)(H,47,48)/b8-7-,11-10-,13-12-,22-19-/t36?,37-/m0/s1. The third kappa shape index (κ3) is 31.6. The van der Waals surface area contributed by atoms with Crippen LogP contribution in [0, 0.1) is 5.92 Å². The predicted octanol–water partition coefficient (Wildman–Crippen LogP) is 10.2. The molecule has 0 spiro atoms. The second-order valence-electron chi connectivity index (χ2n) is 13.2.